The van der Waals surface area contributed by atoms with E-state index in [2.05, 4.69) is 26.5 Å². The Hall–Kier alpha value is -3.65. The second-order valence-electron chi connectivity index (χ2n) is 8.19. The number of hydrogen-bond acceptors (Lipinski definition) is 5. The number of halogens is 3. The summed E-state index contributed by atoms with van der Waals surface area (Å²) < 4.78 is 12.1. The van der Waals surface area contributed by atoms with Crippen LogP contribution in [0.4, 0.5) is 0 Å². The van der Waals surface area contributed by atoms with Crippen molar-refractivity contribution in [1.29, 1.82) is 0 Å². The van der Waals surface area contributed by atoms with Crippen LogP contribution >= 0.6 is 39.1 Å². The van der Waals surface area contributed by atoms with E-state index in [1.165, 1.54) is 6.21 Å². The Morgan fingerprint density at radius 3 is 2.34 bits per heavy atom. The quantitative estimate of drug-likeness (QED) is 0.0962. The molecule has 0 saturated heterocycles. The summed E-state index contributed by atoms with van der Waals surface area (Å²) in [6.07, 6.45) is 1.41. The summed E-state index contributed by atoms with van der Waals surface area (Å²) in [4.78, 5) is 25.1. The van der Waals surface area contributed by atoms with Gasteiger partial charge in [-0.1, -0.05) is 62.9 Å². The first kappa shape index (κ1) is 27.4. The number of hydrogen-bond donors (Lipinski definition) is 1. The fourth-order valence-electron chi connectivity index (χ4n) is 3.29. The zero-order valence-corrected chi connectivity index (χ0v) is 23.2. The van der Waals surface area contributed by atoms with Crippen molar-refractivity contribution in [2.75, 3.05) is 0 Å². The van der Waals surface area contributed by atoms with Crippen LogP contribution < -0.4 is 14.9 Å². The predicted octanol–water partition coefficient (Wildman–Crippen LogP) is 7.63. The van der Waals surface area contributed by atoms with Crippen molar-refractivity contribution in [3.63, 3.8) is 0 Å². The predicted molar refractivity (Wildman–Crippen MR) is 153 cm³/mol. The summed E-state index contributed by atoms with van der Waals surface area (Å²) in [6.45, 7) is 2.20. The maximum atomic E-state index is 12.6. The number of hydrazone groups is 1. The second-order valence-corrected chi connectivity index (χ2v) is 9.94. The van der Waals surface area contributed by atoms with Gasteiger partial charge >= 0.3 is 5.97 Å². The van der Waals surface area contributed by atoms with E-state index in [9.17, 15) is 9.59 Å². The van der Waals surface area contributed by atoms with Gasteiger partial charge in [-0.25, -0.2) is 10.2 Å². The number of ether oxygens (including phenoxy) is 2. The summed E-state index contributed by atoms with van der Waals surface area (Å²) in [7, 11) is 0. The number of nitrogens with zero attached hydrogens (tertiary/aromatic N) is 1. The molecular weight excluding hydrogens is 591 g/mol. The smallest absolute Gasteiger partial charge is 0.343 e. The minimum atomic E-state index is -0.494. The molecule has 0 spiro atoms. The molecule has 192 valence electrons. The van der Waals surface area contributed by atoms with Crippen LogP contribution in [0, 0.1) is 6.92 Å². The average Bonchev–Trinajstić information content (AvgIpc) is 2.90. The molecule has 9 heteroatoms. The molecule has 0 aliphatic rings. The molecule has 0 unspecified atom stereocenters. The molecule has 0 aromatic heterocycles. The third kappa shape index (κ3) is 7.44. The highest BCUT2D eigenvalue weighted by molar-refractivity contribution is 9.10. The molecule has 4 aromatic rings. The number of carbonyl (C=O) groups is 2. The Bertz CT molecular complexity index is 1490. The van der Waals surface area contributed by atoms with Gasteiger partial charge in [-0.3, -0.25) is 4.79 Å². The average molecular weight is 612 g/mol. The van der Waals surface area contributed by atoms with E-state index >= 15 is 0 Å². The Morgan fingerprint density at radius 2 is 1.63 bits per heavy atom. The minimum Gasteiger partial charge on any atom is -0.489 e. The molecule has 4 aromatic carbocycles. The van der Waals surface area contributed by atoms with Crippen molar-refractivity contribution < 1.29 is 19.1 Å². The van der Waals surface area contributed by atoms with Gasteiger partial charge < -0.3 is 9.47 Å². The van der Waals surface area contributed by atoms with Gasteiger partial charge in [-0.2, -0.15) is 5.10 Å². The Labute approximate surface area is 238 Å². The van der Waals surface area contributed by atoms with Gasteiger partial charge in [0.25, 0.3) is 5.91 Å². The van der Waals surface area contributed by atoms with Gasteiger partial charge in [-0.15, -0.1) is 0 Å². The summed E-state index contributed by atoms with van der Waals surface area (Å²) in [5, 5.41) is 5.10. The highest BCUT2D eigenvalue weighted by Gasteiger charge is 2.12. The standard InChI is InChI=1S/C29H21BrCl2N2O4/c1-18-2-4-20(5-3-18)29(36)38-27-13-9-23(30)14-22(27)16-33-34-28(35)19-7-11-25(12-8-19)37-17-21-6-10-24(31)15-26(21)32/h2-16H,17H2,1H3,(H,34,35)/b33-16+. The molecule has 4 rings (SSSR count). The molecule has 1 N–H and O–H groups in total. The summed E-state index contributed by atoms with van der Waals surface area (Å²) in [6, 6.07) is 24.0. The number of rotatable bonds is 8. The zero-order chi connectivity index (χ0) is 27.1. The van der Waals surface area contributed by atoms with Gasteiger partial charge in [0.15, 0.2) is 0 Å². The molecule has 38 heavy (non-hydrogen) atoms. The van der Waals surface area contributed by atoms with E-state index < -0.39 is 11.9 Å². The largest absolute Gasteiger partial charge is 0.489 e. The van der Waals surface area contributed by atoms with E-state index in [4.69, 9.17) is 32.7 Å². The lowest BCUT2D eigenvalue weighted by Gasteiger charge is -2.09. The normalized spacial score (nSPS) is 10.8. The van der Waals surface area contributed by atoms with Crippen LogP contribution in [0.2, 0.25) is 10.0 Å². The van der Waals surface area contributed by atoms with Gasteiger partial charge in [0.2, 0.25) is 0 Å². The first-order chi connectivity index (χ1) is 18.3. The minimum absolute atomic E-state index is 0.259. The van der Waals surface area contributed by atoms with Crippen molar-refractivity contribution in [3.05, 3.63) is 127 Å². The van der Waals surface area contributed by atoms with Gasteiger partial charge in [0.05, 0.1) is 11.8 Å². The van der Waals surface area contributed by atoms with Crippen molar-refractivity contribution in [1.82, 2.24) is 5.43 Å². The molecule has 0 heterocycles. The number of carbonyl (C=O) groups excluding carboxylic acids is 2. The Balaban J connectivity index is 1.36. The number of aryl methyl sites for hydroxylation is 1. The molecule has 0 bridgehead atoms. The molecule has 6 nitrogen and oxygen atoms in total. The van der Waals surface area contributed by atoms with E-state index in [1.54, 1.807) is 72.8 Å². The highest BCUT2D eigenvalue weighted by atomic mass is 79.9. The van der Waals surface area contributed by atoms with Crippen LogP contribution in [-0.2, 0) is 6.61 Å². The van der Waals surface area contributed by atoms with Crippen molar-refractivity contribution in [2.45, 2.75) is 13.5 Å². The fraction of sp³-hybridized carbons (Fsp3) is 0.0690. The van der Waals surface area contributed by atoms with E-state index in [-0.39, 0.29) is 6.61 Å². The van der Waals surface area contributed by atoms with Gasteiger partial charge in [0, 0.05) is 31.2 Å². The molecule has 0 fully saturated rings. The maximum absolute atomic E-state index is 12.6. The summed E-state index contributed by atoms with van der Waals surface area (Å²) >= 11 is 15.5. The van der Waals surface area contributed by atoms with Crippen LogP contribution in [0.1, 0.15) is 37.4 Å². The lowest BCUT2D eigenvalue weighted by atomic mass is 10.1. The monoisotopic (exact) mass is 610 g/mol. The summed E-state index contributed by atoms with van der Waals surface area (Å²) in [5.41, 5.74) is 5.64. The van der Waals surface area contributed by atoms with Crippen molar-refractivity contribution >= 4 is 57.2 Å². The lowest BCUT2D eigenvalue weighted by molar-refractivity contribution is 0.0734. The maximum Gasteiger partial charge on any atom is 0.343 e. The van der Waals surface area contributed by atoms with E-state index in [1.807, 2.05) is 19.1 Å². The van der Waals surface area contributed by atoms with Gasteiger partial charge in [-0.05, 0) is 73.7 Å². The fourth-order valence-corrected chi connectivity index (χ4v) is 4.13. The highest BCUT2D eigenvalue weighted by Crippen LogP contribution is 2.24. The third-order valence-corrected chi connectivity index (χ3v) is 6.44. The van der Waals surface area contributed by atoms with Crippen LogP contribution in [0.5, 0.6) is 11.5 Å². The molecule has 0 aliphatic carbocycles. The molecule has 1 amide bonds. The number of nitrogens with one attached hydrogen (secondary N) is 1. The number of benzene rings is 4. The zero-order valence-electron chi connectivity index (χ0n) is 20.1. The molecule has 0 atom stereocenters. The topological polar surface area (TPSA) is 77.0 Å². The molecule has 0 aliphatic heterocycles. The molecular formula is C29H21BrCl2N2O4. The van der Waals surface area contributed by atoms with Gasteiger partial charge in [0.1, 0.15) is 18.1 Å². The molecule has 0 saturated carbocycles. The second kappa shape index (κ2) is 12.7. The number of esters is 1. The molecule has 0 radical (unpaired) electrons. The first-order valence-electron chi connectivity index (χ1n) is 11.4. The van der Waals surface area contributed by atoms with Crippen LogP contribution in [0.3, 0.4) is 0 Å². The van der Waals surface area contributed by atoms with Crippen LogP contribution in [-0.4, -0.2) is 18.1 Å². The van der Waals surface area contributed by atoms with Crippen molar-refractivity contribution in [2.24, 2.45) is 5.10 Å². The van der Waals surface area contributed by atoms with Crippen LogP contribution in [0.15, 0.2) is 94.5 Å². The first-order valence-corrected chi connectivity index (χ1v) is 12.9. The third-order valence-electron chi connectivity index (χ3n) is 5.36. The SMILES string of the molecule is Cc1ccc(C(=O)Oc2ccc(Br)cc2/C=N/NC(=O)c2ccc(OCc3ccc(Cl)cc3Cl)cc2)cc1. The van der Waals surface area contributed by atoms with E-state index in [0.717, 1.165) is 15.6 Å². The van der Waals surface area contributed by atoms with E-state index in [0.29, 0.717) is 38.2 Å². The number of amides is 1. The van der Waals surface area contributed by atoms with Crippen molar-refractivity contribution in [3.8, 4) is 11.5 Å². The lowest BCUT2D eigenvalue weighted by Crippen LogP contribution is -2.17. The summed E-state index contributed by atoms with van der Waals surface area (Å²) in [5.74, 6) is -0.0299. The Kier molecular flexibility index (Phi) is 9.18. The van der Waals surface area contributed by atoms with Crippen LogP contribution in [0.25, 0.3) is 0 Å². The Morgan fingerprint density at radius 1 is 0.921 bits per heavy atom.